The molecule has 0 radical (unpaired) electrons. The van der Waals surface area contributed by atoms with Gasteiger partial charge in [0.2, 0.25) is 0 Å². The van der Waals surface area contributed by atoms with E-state index in [1.165, 1.54) is 6.21 Å². The maximum Gasteiger partial charge on any atom is 0.272 e. The lowest BCUT2D eigenvalue weighted by molar-refractivity contribution is 0.0956. The van der Waals surface area contributed by atoms with E-state index in [1.807, 2.05) is 72.8 Å². The Hall–Kier alpha value is -5.00. The minimum atomic E-state index is -0.355. The van der Waals surface area contributed by atoms with Crippen LogP contribution in [0.1, 0.15) is 27.0 Å². The first-order chi connectivity index (χ1) is 19.6. The Balaban J connectivity index is 1.36. The number of halogens is 1. The van der Waals surface area contributed by atoms with Gasteiger partial charge in [0.15, 0.2) is 11.5 Å². The molecule has 8 heteroatoms. The second-order valence-electron chi connectivity index (χ2n) is 8.72. The summed E-state index contributed by atoms with van der Waals surface area (Å²) in [6.45, 7) is 0.209. The van der Waals surface area contributed by atoms with E-state index in [-0.39, 0.29) is 12.5 Å². The van der Waals surface area contributed by atoms with Crippen LogP contribution in [0, 0.1) is 11.3 Å². The summed E-state index contributed by atoms with van der Waals surface area (Å²) in [6.07, 6.45) is 1.53. The average Bonchev–Trinajstić information content (AvgIpc) is 3.00. The molecular formula is C32H23BrN4O3. The molecule has 0 aliphatic heterocycles. The van der Waals surface area contributed by atoms with Crippen LogP contribution in [0.2, 0.25) is 0 Å². The van der Waals surface area contributed by atoms with Gasteiger partial charge in [-0.05, 0) is 46.3 Å². The van der Waals surface area contributed by atoms with E-state index in [4.69, 9.17) is 14.5 Å². The second-order valence-corrected chi connectivity index (χ2v) is 9.57. The molecule has 0 atom stereocenters. The van der Waals surface area contributed by atoms with E-state index in [0.717, 1.165) is 22.0 Å². The molecule has 0 spiro atoms. The Morgan fingerprint density at radius 3 is 2.55 bits per heavy atom. The van der Waals surface area contributed by atoms with Gasteiger partial charge in [0.1, 0.15) is 6.61 Å². The van der Waals surface area contributed by atoms with Crippen molar-refractivity contribution in [1.82, 2.24) is 10.4 Å². The van der Waals surface area contributed by atoms with E-state index in [1.54, 1.807) is 31.4 Å². The first-order valence-corrected chi connectivity index (χ1v) is 13.1. The number of aromatic nitrogens is 1. The highest BCUT2D eigenvalue weighted by atomic mass is 79.9. The number of benzene rings is 4. The zero-order chi connectivity index (χ0) is 27.9. The van der Waals surface area contributed by atoms with Gasteiger partial charge in [0.25, 0.3) is 5.91 Å². The Morgan fingerprint density at radius 2 is 1.75 bits per heavy atom. The van der Waals surface area contributed by atoms with Crippen molar-refractivity contribution in [2.45, 2.75) is 6.61 Å². The molecule has 0 saturated carbocycles. The fourth-order valence-corrected chi connectivity index (χ4v) is 4.60. The molecule has 0 unspecified atom stereocenters. The molecule has 0 fully saturated rings. The molecule has 1 heterocycles. The number of carbonyl (C=O) groups is 1. The zero-order valence-corrected chi connectivity index (χ0v) is 23.1. The summed E-state index contributed by atoms with van der Waals surface area (Å²) in [4.78, 5) is 18.0. The fourth-order valence-electron chi connectivity index (χ4n) is 4.17. The molecular weight excluding hydrogens is 568 g/mol. The number of fused-ring (bicyclic) bond motifs is 1. The van der Waals surface area contributed by atoms with Crippen LogP contribution in [0.15, 0.2) is 107 Å². The van der Waals surface area contributed by atoms with E-state index < -0.39 is 0 Å². The second kappa shape index (κ2) is 12.2. The van der Waals surface area contributed by atoms with Crippen LogP contribution in [0.4, 0.5) is 0 Å². The van der Waals surface area contributed by atoms with Gasteiger partial charge < -0.3 is 9.47 Å². The van der Waals surface area contributed by atoms with Crippen LogP contribution in [0.5, 0.6) is 11.5 Å². The Bertz CT molecular complexity index is 1760. The number of hydrogen-bond acceptors (Lipinski definition) is 6. The first-order valence-electron chi connectivity index (χ1n) is 12.3. The van der Waals surface area contributed by atoms with Crippen molar-refractivity contribution in [1.29, 1.82) is 5.26 Å². The van der Waals surface area contributed by atoms with E-state index in [9.17, 15) is 10.1 Å². The van der Waals surface area contributed by atoms with Gasteiger partial charge in [0.05, 0.1) is 41.7 Å². The molecule has 40 heavy (non-hydrogen) atoms. The number of pyridine rings is 1. The van der Waals surface area contributed by atoms with Crippen LogP contribution in [-0.2, 0) is 6.61 Å². The molecule has 4 aromatic carbocycles. The lowest BCUT2D eigenvalue weighted by atomic mass is 10.0. The Labute approximate surface area is 239 Å². The highest BCUT2D eigenvalue weighted by Crippen LogP contribution is 2.34. The largest absolute Gasteiger partial charge is 0.493 e. The number of para-hydroxylation sites is 1. The highest BCUT2D eigenvalue weighted by Gasteiger charge is 2.14. The minimum absolute atomic E-state index is 0.209. The van der Waals surface area contributed by atoms with E-state index in [0.29, 0.717) is 38.4 Å². The van der Waals surface area contributed by atoms with Crippen molar-refractivity contribution in [2.24, 2.45) is 5.10 Å². The molecule has 0 aliphatic carbocycles. The molecule has 0 saturated heterocycles. The number of ether oxygens (including phenoxy) is 2. The summed E-state index contributed by atoms with van der Waals surface area (Å²) >= 11 is 3.54. The lowest BCUT2D eigenvalue weighted by Crippen LogP contribution is -2.18. The molecule has 1 aromatic heterocycles. The summed E-state index contributed by atoms with van der Waals surface area (Å²) < 4.78 is 12.2. The quantitative estimate of drug-likeness (QED) is 0.157. The van der Waals surface area contributed by atoms with Crippen LogP contribution in [0.3, 0.4) is 0 Å². The van der Waals surface area contributed by atoms with Crippen molar-refractivity contribution in [3.63, 3.8) is 0 Å². The van der Waals surface area contributed by atoms with E-state index in [2.05, 4.69) is 32.5 Å². The summed E-state index contributed by atoms with van der Waals surface area (Å²) in [5, 5.41) is 14.3. The van der Waals surface area contributed by atoms with Gasteiger partial charge >= 0.3 is 0 Å². The molecule has 7 nitrogen and oxygen atoms in total. The van der Waals surface area contributed by atoms with Crippen molar-refractivity contribution >= 4 is 39.0 Å². The molecule has 0 bridgehead atoms. The van der Waals surface area contributed by atoms with Crippen molar-refractivity contribution in [2.75, 3.05) is 7.11 Å². The van der Waals surface area contributed by atoms with Gasteiger partial charge in [-0.25, -0.2) is 10.4 Å². The number of nitriles is 1. The lowest BCUT2D eigenvalue weighted by Gasteiger charge is -2.13. The number of nitrogens with zero attached hydrogens (tertiary/aromatic N) is 3. The van der Waals surface area contributed by atoms with Crippen molar-refractivity contribution in [3.8, 4) is 28.8 Å². The number of nitrogens with one attached hydrogen (secondary N) is 1. The number of amides is 1. The number of hydrazone groups is 1. The molecule has 1 amide bonds. The highest BCUT2D eigenvalue weighted by molar-refractivity contribution is 9.10. The van der Waals surface area contributed by atoms with Gasteiger partial charge in [-0.2, -0.15) is 10.4 Å². The normalized spacial score (nSPS) is 10.8. The standard InChI is InChI=1S/C32H23BrN4O3/c1-39-30-15-24(27(33)17-31(30)40-20-23-12-6-5-11-22(23)18-34)19-35-37-32(38)26-16-29(21-9-3-2-4-10-21)36-28-14-8-7-13-25(26)28/h2-17,19H,20H2,1H3,(H,37,38)/b35-19+. The predicted molar refractivity (Wildman–Crippen MR) is 158 cm³/mol. The first kappa shape index (κ1) is 26.6. The zero-order valence-electron chi connectivity index (χ0n) is 21.5. The maximum atomic E-state index is 13.2. The Morgan fingerprint density at radius 1 is 1.00 bits per heavy atom. The molecule has 5 rings (SSSR count). The predicted octanol–water partition coefficient (Wildman–Crippen LogP) is 6.89. The molecule has 196 valence electrons. The summed E-state index contributed by atoms with van der Waals surface area (Å²) in [5.41, 5.74) is 7.45. The fraction of sp³-hybridized carbons (Fsp3) is 0.0625. The topological polar surface area (TPSA) is 96.6 Å². The summed E-state index contributed by atoms with van der Waals surface area (Å²) in [7, 11) is 1.54. The van der Waals surface area contributed by atoms with Crippen molar-refractivity contribution < 1.29 is 14.3 Å². The summed E-state index contributed by atoms with van der Waals surface area (Å²) in [6, 6.07) is 32.0. The van der Waals surface area contributed by atoms with Crippen LogP contribution in [-0.4, -0.2) is 24.2 Å². The van der Waals surface area contributed by atoms with Crippen LogP contribution < -0.4 is 14.9 Å². The average molecular weight is 591 g/mol. The van der Waals surface area contributed by atoms with Crippen LogP contribution >= 0.6 is 15.9 Å². The van der Waals surface area contributed by atoms with Crippen molar-refractivity contribution in [3.05, 3.63) is 124 Å². The van der Waals surface area contributed by atoms with Gasteiger partial charge in [-0.3, -0.25) is 4.79 Å². The molecule has 0 aliphatic rings. The monoisotopic (exact) mass is 590 g/mol. The van der Waals surface area contributed by atoms with Gasteiger partial charge in [0, 0.05) is 26.5 Å². The maximum absolute atomic E-state index is 13.2. The number of carbonyl (C=O) groups excluding carboxylic acids is 1. The molecule has 1 N–H and O–H groups in total. The number of methoxy groups -OCH3 is 1. The van der Waals surface area contributed by atoms with E-state index >= 15 is 0 Å². The van der Waals surface area contributed by atoms with Gasteiger partial charge in [-0.15, -0.1) is 0 Å². The molecule has 5 aromatic rings. The van der Waals surface area contributed by atoms with Gasteiger partial charge in [-0.1, -0.05) is 66.7 Å². The number of rotatable bonds is 8. The SMILES string of the molecule is COc1cc(/C=N/NC(=O)c2cc(-c3ccccc3)nc3ccccc23)c(Br)cc1OCc1ccccc1C#N. The number of hydrogen-bond donors (Lipinski definition) is 1. The third-order valence-electron chi connectivity index (χ3n) is 6.20. The third kappa shape index (κ3) is 5.85. The minimum Gasteiger partial charge on any atom is -0.493 e. The third-order valence-corrected chi connectivity index (χ3v) is 6.89. The smallest absolute Gasteiger partial charge is 0.272 e. The summed E-state index contributed by atoms with van der Waals surface area (Å²) in [5.74, 6) is 0.629. The van der Waals surface area contributed by atoms with Crippen LogP contribution in [0.25, 0.3) is 22.2 Å². The Kier molecular flexibility index (Phi) is 8.14.